The number of carbonyl (C=O) groups excluding carboxylic acids is 1. The van der Waals surface area contributed by atoms with Crippen LogP contribution in [0.15, 0.2) is 18.2 Å². The molecule has 0 aliphatic carbocycles. The van der Waals surface area contributed by atoms with Crippen molar-refractivity contribution >= 4 is 23.0 Å². The quantitative estimate of drug-likeness (QED) is 0.751. The topological polar surface area (TPSA) is 98.3 Å². The fourth-order valence-corrected chi connectivity index (χ4v) is 2.29. The maximum Gasteiger partial charge on any atom is 0.326 e. The lowest BCUT2D eigenvalue weighted by Gasteiger charge is -2.23. The van der Waals surface area contributed by atoms with Gasteiger partial charge < -0.3 is 20.3 Å². The first-order valence-corrected chi connectivity index (χ1v) is 7.66. The average Bonchev–Trinajstić information content (AvgIpc) is 2.91. The van der Waals surface area contributed by atoms with E-state index in [1.54, 1.807) is 27.0 Å². The molecule has 0 saturated heterocycles. The molecule has 2 rings (SSSR count). The summed E-state index contributed by atoms with van der Waals surface area (Å²) in [5, 5.41) is 11.6. The highest BCUT2D eigenvalue weighted by atomic mass is 19.1. The number of urea groups is 1. The van der Waals surface area contributed by atoms with Crippen molar-refractivity contribution in [1.29, 1.82) is 0 Å². The Hall–Kier alpha value is -2.64. The molecule has 7 nitrogen and oxygen atoms in total. The molecular formula is C16H21FN4O3. The number of hydrogen-bond donors (Lipinski definition) is 3. The summed E-state index contributed by atoms with van der Waals surface area (Å²) >= 11 is 0. The van der Waals surface area contributed by atoms with E-state index in [4.69, 9.17) is 5.11 Å². The summed E-state index contributed by atoms with van der Waals surface area (Å²) in [5.41, 5.74) is 1.26. The number of imidazole rings is 1. The van der Waals surface area contributed by atoms with Crippen molar-refractivity contribution in [3.63, 3.8) is 0 Å². The first kappa shape index (κ1) is 17.7. The third-order valence-corrected chi connectivity index (χ3v) is 3.74. The molecule has 0 bridgehead atoms. The molecule has 24 heavy (non-hydrogen) atoms. The van der Waals surface area contributed by atoms with Gasteiger partial charge in [0.05, 0.1) is 11.0 Å². The second kappa shape index (κ2) is 7.29. The fourth-order valence-electron chi connectivity index (χ4n) is 2.29. The number of carbonyl (C=O) groups is 2. The molecule has 3 N–H and O–H groups in total. The predicted molar refractivity (Wildman–Crippen MR) is 87.2 cm³/mol. The van der Waals surface area contributed by atoms with E-state index >= 15 is 0 Å². The van der Waals surface area contributed by atoms with Crippen molar-refractivity contribution in [3.8, 4) is 0 Å². The Morgan fingerprint density at radius 3 is 2.75 bits per heavy atom. The summed E-state index contributed by atoms with van der Waals surface area (Å²) in [7, 11) is 1.58. The van der Waals surface area contributed by atoms with Crippen LogP contribution in [-0.2, 0) is 11.2 Å². The molecule has 0 unspecified atom stereocenters. The molecule has 8 heteroatoms. The summed E-state index contributed by atoms with van der Waals surface area (Å²) < 4.78 is 13.2. The van der Waals surface area contributed by atoms with Crippen LogP contribution in [0.2, 0.25) is 0 Å². The van der Waals surface area contributed by atoms with Gasteiger partial charge in [0.2, 0.25) is 0 Å². The zero-order chi connectivity index (χ0) is 17.9. The number of aromatic amines is 1. The van der Waals surface area contributed by atoms with Gasteiger partial charge in [0.25, 0.3) is 0 Å². The molecule has 0 fully saturated rings. The molecule has 1 heterocycles. The van der Waals surface area contributed by atoms with E-state index in [1.165, 1.54) is 17.0 Å². The number of nitrogens with one attached hydrogen (secondary N) is 2. The zero-order valence-corrected chi connectivity index (χ0v) is 13.8. The van der Waals surface area contributed by atoms with Crippen LogP contribution in [0.3, 0.4) is 0 Å². The molecular weight excluding hydrogens is 315 g/mol. The van der Waals surface area contributed by atoms with Crippen molar-refractivity contribution in [2.75, 3.05) is 13.6 Å². The summed E-state index contributed by atoms with van der Waals surface area (Å²) in [5.74, 6) is -0.993. The minimum atomic E-state index is -1.06. The molecule has 1 aromatic carbocycles. The third kappa shape index (κ3) is 4.21. The Kier molecular flexibility index (Phi) is 5.38. The molecule has 0 saturated carbocycles. The molecule has 2 aromatic rings. The minimum absolute atomic E-state index is 0.217. The highest BCUT2D eigenvalue weighted by Gasteiger charge is 2.24. The van der Waals surface area contributed by atoms with E-state index in [0.717, 1.165) is 0 Å². The molecule has 0 spiro atoms. The van der Waals surface area contributed by atoms with Crippen LogP contribution < -0.4 is 5.32 Å². The standard InChI is InChI=1S/C16H21FN4O3/c1-9(2)14(15(22)23)20-16(24)21(3)7-6-13-18-11-5-4-10(17)8-12(11)19-13/h4-5,8-9,14H,6-7H2,1-3H3,(H,18,19)(H,20,24)(H,22,23)/t14-/m0/s1. The maximum absolute atomic E-state index is 13.2. The van der Waals surface area contributed by atoms with Crippen LogP contribution in [-0.4, -0.2) is 51.6 Å². The number of benzene rings is 1. The second-order valence-electron chi connectivity index (χ2n) is 6.03. The SMILES string of the molecule is CC(C)[C@H](NC(=O)N(C)CCc1nc2ccc(F)cc2[nH]1)C(=O)O. The minimum Gasteiger partial charge on any atom is -0.480 e. The van der Waals surface area contributed by atoms with Crippen molar-refractivity contribution < 1.29 is 19.1 Å². The summed E-state index contributed by atoms with van der Waals surface area (Å²) in [4.78, 5) is 31.9. The lowest BCUT2D eigenvalue weighted by Crippen LogP contribution is -2.49. The average molecular weight is 336 g/mol. The Morgan fingerprint density at radius 2 is 2.12 bits per heavy atom. The van der Waals surface area contributed by atoms with Crippen LogP contribution in [0.4, 0.5) is 9.18 Å². The Bertz CT molecular complexity index is 744. The van der Waals surface area contributed by atoms with Crippen molar-refractivity contribution in [2.24, 2.45) is 5.92 Å². The Labute approximate surface area is 138 Å². The van der Waals surface area contributed by atoms with Crippen molar-refractivity contribution in [3.05, 3.63) is 29.8 Å². The summed E-state index contributed by atoms with van der Waals surface area (Å²) in [6.45, 7) is 3.80. The van der Waals surface area contributed by atoms with Gasteiger partial charge >= 0.3 is 12.0 Å². The van der Waals surface area contributed by atoms with Gasteiger partial charge in [-0.3, -0.25) is 0 Å². The van der Waals surface area contributed by atoms with Gasteiger partial charge in [-0.2, -0.15) is 0 Å². The first-order chi connectivity index (χ1) is 11.3. The van der Waals surface area contributed by atoms with Crippen LogP contribution in [0.1, 0.15) is 19.7 Å². The summed E-state index contributed by atoms with van der Waals surface area (Å²) in [6, 6.07) is 2.89. The van der Waals surface area contributed by atoms with E-state index in [9.17, 15) is 14.0 Å². The van der Waals surface area contributed by atoms with E-state index in [1.807, 2.05) is 0 Å². The molecule has 130 valence electrons. The van der Waals surface area contributed by atoms with Gasteiger partial charge in [-0.05, 0) is 24.1 Å². The van der Waals surface area contributed by atoms with E-state index in [-0.39, 0.29) is 11.7 Å². The lowest BCUT2D eigenvalue weighted by atomic mass is 10.1. The molecule has 0 radical (unpaired) electrons. The number of hydrogen-bond acceptors (Lipinski definition) is 3. The number of aromatic nitrogens is 2. The van der Waals surface area contributed by atoms with Crippen LogP contribution in [0, 0.1) is 11.7 Å². The molecule has 1 aromatic heterocycles. The number of aliphatic carboxylic acids is 1. The smallest absolute Gasteiger partial charge is 0.326 e. The number of halogens is 1. The monoisotopic (exact) mass is 336 g/mol. The number of carboxylic acids is 1. The van der Waals surface area contributed by atoms with E-state index in [2.05, 4.69) is 15.3 Å². The molecule has 1 atom stereocenters. The van der Waals surface area contributed by atoms with E-state index in [0.29, 0.717) is 29.8 Å². The molecule has 0 aliphatic rings. The number of likely N-dealkylation sites (N-methyl/N-ethyl adjacent to an activating group) is 1. The fraction of sp³-hybridized carbons (Fsp3) is 0.438. The highest BCUT2D eigenvalue weighted by molar-refractivity contribution is 5.82. The maximum atomic E-state index is 13.2. The number of fused-ring (bicyclic) bond motifs is 1. The van der Waals surface area contributed by atoms with Gasteiger partial charge in [0, 0.05) is 20.0 Å². The van der Waals surface area contributed by atoms with Crippen LogP contribution in [0.5, 0.6) is 0 Å². The summed E-state index contributed by atoms with van der Waals surface area (Å²) in [6.07, 6.45) is 0.444. The van der Waals surface area contributed by atoms with Gasteiger partial charge in [-0.1, -0.05) is 13.8 Å². The first-order valence-electron chi connectivity index (χ1n) is 7.66. The Morgan fingerprint density at radius 1 is 1.42 bits per heavy atom. The number of carboxylic acid groups (broad SMARTS) is 1. The van der Waals surface area contributed by atoms with Gasteiger partial charge in [0.1, 0.15) is 17.7 Å². The Balaban J connectivity index is 1.94. The zero-order valence-electron chi connectivity index (χ0n) is 13.8. The number of amides is 2. The van der Waals surface area contributed by atoms with Gasteiger partial charge in [0.15, 0.2) is 0 Å². The predicted octanol–water partition coefficient (Wildman–Crippen LogP) is 2.00. The second-order valence-corrected chi connectivity index (χ2v) is 6.03. The highest BCUT2D eigenvalue weighted by Crippen LogP contribution is 2.13. The number of H-pyrrole nitrogens is 1. The van der Waals surface area contributed by atoms with Crippen LogP contribution in [0.25, 0.3) is 11.0 Å². The van der Waals surface area contributed by atoms with Crippen molar-refractivity contribution in [2.45, 2.75) is 26.3 Å². The van der Waals surface area contributed by atoms with Gasteiger partial charge in [-0.25, -0.2) is 19.0 Å². The molecule has 2 amide bonds. The largest absolute Gasteiger partial charge is 0.480 e. The van der Waals surface area contributed by atoms with Crippen molar-refractivity contribution in [1.82, 2.24) is 20.2 Å². The van der Waals surface area contributed by atoms with Crippen LogP contribution >= 0.6 is 0 Å². The van der Waals surface area contributed by atoms with Gasteiger partial charge in [-0.15, -0.1) is 0 Å². The number of nitrogens with zero attached hydrogens (tertiary/aromatic N) is 2. The third-order valence-electron chi connectivity index (χ3n) is 3.74. The molecule has 0 aliphatic heterocycles. The van der Waals surface area contributed by atoms with E-state index < -0.39 is 18.0 Å². The number of rotatable bonds is 6. The normalized spacial score (nSPS) is 12.4. The lowest BCUT2D eigenvalue weighted by molar-refractivity contribution is -0.140.